The summed E-state index contributed by atoms with van der Waals surface area (Å²) in [5.74, 6) is 0.765. The summed E-state index contributed by atoms with van der Waals surface area (Å²) in [6.45, 7) is 2.23. The second-order valence-corrected chi connectivity index (χ2v) is 5.87. The molecule has 0 saturated heterocycles. The largest absolute Gasteiger partial charge is 0.496 e. The van der Waals surface area contributed by atoms with Gasteiger partial charge in [0.25, 0.3) is 0 Å². The zero-order valence-corrected chi connectivity index (χ0v) is 13.6. The Hall–Kier alpha value is -0.540. The van der Waals surface area contributed by atoms with E-state index in [0.29, 0.717) is 0 Å². The van der Waals surface area contributed by atoms with Gasteiger partial charge in [-0.3, -0.25) is 0 Å². The van der Waals surface area contributed by atoms with Crippen molar-refractivity contribution in [3.05, 3.63) is 28.2 Å². The maximum absolute atomic E-state index is 10.3. The molecule has 19 heavy (non-hydrogen) atoms. The highest BCUT2D eigenvalue weighted by molar-refractivity contribution is 9.10. The summed E-state index contributed by atoms with van der Waals surface area (Å²) in [6.07, 6.45) is 7.83. The van der Waals surface area contributed by atoms with Gasteiger partial charge in [-0.2, -0.15) is 0 Å². The average Bonchev–Trinajstić information content (AvgIpc) is 2.42. The lowest BCUT2D eigenvalue weighted by Crippen LogP contribution is -2.01. The van der Waals surface area contributed by atoms with Gasteiger partial charge in [0.15, 0.2) is 0 Å². The van der Waals surface area contributed by atoms with Crippen LogP contribution in [-0.4, -0.2) is 12.2 Å². The molecule has 1 rings (SSSR count). The van der Waals surface area contributed by atoms with Crippen molar-refractivity contribution >= 4 is 15.9 Å². The third-order valence-corrected chi connectivity index (χ3v) is 3.88. The number of hydrogen-bond acceptors (Lipinski definition) is 2. The van der Waals surface area contributed by atoms with Crippen LogP contribution >= 0.6 is 15.9 Å². The molecular weight excluding hydrogens is 304 g/mol. The summed E-state index contributed by atoms with van der Waals surface area (Å²) in [6, 6.07) is 5.77. The molecule has 0 bridgehead atoms. The van der Waals surface area contributed by atoms with Crippen molar-refractivity contribution in [1.29, 1.82) is 0 Å². The van der Waals surface area contributed by atoms with Crippen molar-refractivity contribution in [2.75, 3.05) is 7.11 Å². The third kappa shape index (κ3) is 5.96. The lowest BCUT2D eigenvalue weighted by Gasteiger charge is -2.15. The second-order valence-electron chi connectivity index (χ2n) is 4.96. The van der Waals surface area contributed by atoms with Crippen LogP contribution in [0.2, 0.25) is 0 Å². The van der Waals surface area contributed by atoms with Gasteiger partial charge in [-0.1, -0.05) is 61.4 Å². The Morgan fingerprint density at radius 1 is 1.16 bits per heavy atom. The molecule has 1 aromatic carbocycles. The molecule has 0 aliphatic heterocycles. The Balaban J connectivity index is 2.40. The molecule has 0 heterocycles. The molecular formula is C16H25BrO2. The Morgan fingerprint density at radius 3 is 2.53 bits per heavy atom. The lowest BCUT2D eigenvalue weighted by molar-refractivity contribution is 0.159. The third-order valence-electron chi connectivity index (χ3n) is 3.38. The summed E-state index contributed by atoms with van der Waals surface area (Å²) >= 11 is 3.44. The zero-order valence-electron chi connectivity index (χ0n) is 12.0. The van der Waals surface area contributed by atoms with Crippen LogP contribution in [-0.2, 0) is 0 Å². The minimum Gasteiger partial charge on any atom is -0.496 e. The van der Waals surface area contributed by atoms with Gasteiger partial charge >= 0.3 is 0 Å². The van der Waals surface area contributed by atoms with Gasteiger partial charge in [-0.05, 0) is 24.6 Å². The fourth-order valence-electron chi connectivity index (χ4n) is 2.24. The second kappa shape index (κ2) is 9.38. The Bertz CT molecular complexity index is 366. The maximum Gasteiger partial charge on any atom is 0.124 e. The first-order chi connectivity index (χ1) is 9.19. The highest BCUT2D eigenvalue weighted by Gasteiger charge is 2.13. The first-order valence-corrected chi connectivity index (χ1v) is 7.99. The van der Waals surface area contributed by atoms with E-state index in [1.807, 2.05) is 18.2 Å². The number of benzene rings is 1. The fourth-order valence-corrected chi connectivity index (χ4v) is 2.62. The van der Waals surface area contributed by atoms with Gasteiger partial charge < -0.3 is 9.84 Å². The van der Waals surface area contributed by atoms with Crippen LogP contribution in [0.4, 0.5) is 0 Å². The van der Waals surface area contributed by atoms with Crippen LogP contribution in [0.25, 0.3) is 0 Å². The van der Waals surface area contributed by atoms with Crippen molar-refractivity contribution in [2.45, 2.75) is 58.0 Å². The van der Waals surface area contributed by atoms with E-state index in [2.05, 4.69) is 22.9 Å². The van der Waals surface area contributed by atoms with Crippen molar-refractivity contribution in [3.63, 3.8) is 0 Å². The Morgan fingerprint density at radius 2 is 1.84 bits per heavy atom. The van der Waals surface area contributed by atoms with Crippen LogP contribution in [0.3, 0.4) is 0 Å². The number of aliphatic hydroxyl groups is 1. The highest BCUT2D eigenvalue weighted by atomic mass is 79.9. The monoisotopic (exact) mass is 328 g/mol. The molecule has 0 aliphatic carbocycles. The Kier molecular flexibility index (Phi) is 8.15. The van der Waals surface area contributed by atoms with E-state index in [1.54, 1.807) is 7.11 Å². The van der Waals surface area contributed by atoms with Gasteiger partial charge in [0.1, 0.15) is 5.75 Å². The van der Waals surface area contributed by atoms with Gasteiger partial charge in [-0.25, -0.2) is 0 Å². The van der Waals surface area contributed by atoms with E-state index in [1.165, 1.54) is 32.1 Å². The molecule has 0 spiro atoms. The van der Waals surface area contributed by atoms with Crippen LogP contribution in [0.5, 0.6) is 5.75 Å². The molecule has 1 unspecified atom stereocenters. The van der Waals surface area contributed by atoms with E-state index in [-0.39, 0.29) is 0 Å². The standard InChI is InChI=1S/C16H25BrO2/c1-3-4-5-6-7-8-9-15(18)14-12-13(17)10-11-16(14)19-2/h10-12,15,18H,3-9H2,1-2H3. The minimum absolute atomic E-state index is 0.432. The van der Waals surface area contributed by atoms with Gasteiger partial charge in [-0.15, -0.1) is 0 Å². The molecule has 108 valence electrons. The predicted octanol–water partition coefficient (Wildman–Crippen LogP) is 5.24. The molecule has 0 fully saturated rings. The smallest absolute Gasteiger partial charge is 0.124 e. The molecule has 0 radical (unpaired) electrons. The van der Waals surface area contributed by atoms with Gasteiger partial charge in [0.2, 0.25) is 0 Å². The van der Waals surface area contributed by atoms with Crippen LogP contribution in [0.15, 0.2) is 22.7 Å². The van der Waals surface area contributed by atoms with E-state index >= 15 is 0 Å². The van der Waals surface area contributed by atoms with Gasteiger partial charge in [0, 0.05) is 10.0 Å². The summed E-state index contributed by atoms with van der Waals surface area (Å²) in [7, 11) is 1.64. The van der Waals surface area contributed by atoms with Crippen LogP contribution in [0, 0.1) is 0 Å². The van der Waals surface area contributed by atoms with E-state index in [4.69, 9.17) is 4.74 Å². The number of hydrogen-bond donors (Lipinski definition) is 1. The lowest BCUT2D eigenvalue weighted by atomic mass is 10.0. The van der Waals surface area contributed by atoms with Crippen molar-refractivity contribution in [1.82, 2.24) is 0 Å². The highest BCUT2D eigenvalue weighted by Crippen LogP contribution is 2.31. The normalized spacial score (nSPS) is 12.4. The van der Waals surface area contributed by atoms with Crippen molar-refractivity contribution in [2.24, 2.45) is 0 Å². The summed E-state index contributed by atoms with van der Waals surface area (Å²) in [4.78, 5) is 0. The fraction of sp³-hybridized carbons (Fsp3) is 0.625. The minimum atomic E-state index is -0.432. The molecule has 0 aliphatic rings. The quantitative estimate of drug-likeness (QED) is 0.628. The van der Waals surface area contributed by atoms with Crippen molar-refractivity contribution in [3.8, 4) is 5.75 Å². The molecule has 1 N–H and O–H groups in total. The number of methoxy groups -OCH3 is 1. The number of unbranched alkanes of at least 4 members (excludes halogenated alkanes) is 5. The summed E-state index contributed by atoms with van der Waals surface area (Å²) < 4.78 is 6.28. The van der Waals surface area contributed by atoms with Gasteiger partial charge in [0.05, 0.1) is 13.2 Å². The SMILES string of the molecule is CCCCCCCCC(O)c1cc(Br)ccc1OC. The number of rotatable bonds is 9. The van der Waals surface area contributed by atoms with E-state index in [0.717, 1.165) is 28.6 Å². The first-order valence-electron chi connectivity index (χ1n) is 7.20. The number of aliphatic hydroxyl groups excluding tert-OH is 1. The molecule has 2 nitrogen and oxygen atoms in total. The zero-order chi connectivity index (χ0) is 14.1. The summed E-state index contributed by atoms with van der Waals surface area (Å²) in [5.41, 5.74) is 0.880. The van der Waals surface area contributed by atoms with Crippen LogP contribution < -0.4 is 4.74 Å². The van der Waals surface area contributed by atoms with E-state index < -0.39 is 6.10 Å². The molecule has 0 aromatic heterocycles. The van der Waals surface area contributed by atoms with E-state index in [9.17, 15) is 5.11 Å². The Labute approximate surface area is 125 Å². The van der Waals surface area contributed by atoms with Crippen LogP contribution in [0.1, 0.15) is 63.5 Å². The molecule has 0 amide bonds. The summed E-state index contributed by atoms with van der Waals surface area (Å²) in [5, 5.41) is 10.3. The molecule has 0 saturated carbocycles. The first kappa shape index (κ1) is 16.5. The molecule has 1 aromatic rings. The number of halogens is 1. The maximum atomic E-state index is 10.3. The van der Waals surface area contributed by atoms with Crippen molar-refractivity contribution < 1.29 is 9.84 Å². The number of ether oxygens (including phenoxy) is 1. The predicted molar refractivity (Wildman–Crippen MR) is 83.6 cm³/mol. The molecule has 3 heteroatoms. The topological polar surface area (TPSA) is 29.5 Å². The average molecular weight is 329 g/mol. The molecule has 1 atom stereocenters.